The van der Waals surface area contributed by atoms with Gasteiger partial charge in [-0.1, -0.05) is 48.5 Å². The minimum Gasteiger partial charge on any atom is -0.454 e. The molecule has 1 aromatic heterocycles. The van der Waals surface area contributed by atoms with Gasteiger partial charge in [0.15, 0.2) is 11.5 Å². The first-order valence-corrected chi connectivity index (χ1v) is 13.8. The van der Waals surface area contributed by atoms with Crippen molar-refractivity contribution in [2.75, 3.05) is 13.3 Å². The van der Waals surface area contributed by atoms with Crippen LogP contribution in [0.4, 0.5) is 13.2 Å². The molecule has 0 N–H and O–H groups in total. The van der Waals surface area contributed by atoms with E-state index in [1.165, 1.54) is 29.0 Å². The number of carbonyl (C=O) groups excluding carboxylic acids is 1. The number of carbonyl (C=O) groups is 1. The number of hydrogen-bond acceptors (Lipinski definition) is 6. The average Bonchev–Trinajstić information content (AvgIpc) is 3.61. The summed E-state index contributed by atoms with van der Waals surface area (Å²) < 4.78 is 51.0. The molecule has 0 saturated carbocycles. The first kappa shape index (κ1) is 26.3. The number of nitrogens with zero attached hydrogens (tertiary/aromatic N) is 3. The zero-order valence-electron chi connectivity index (χ0n) is 21.5. The van der Waals surface area contributed by atoms with E-state index in [1.54, 1.807) is 11.4 Å². The summed E-state index contributed by atoms with van der Waals surface area (Å²) in [5.74, 6) is 1.19. The van der Waals surface area contributed by atoms with Crippen molar-refractivity contribution in [3.63, 3.8) is 0 Å². The summed E-state index contributed by atoms with van der Waals surface area (Å²) in [4.78, 5) is 21.7. The lowest BCUT2D eigenvalue weighted by Gasteiger charge is -2.28. The van der Waals surface area contributed by atoms with Gasteiger partial charge >= 0.3 is 6.18 Å². The van der Waals surface area contributed by atoms with E-state index in [0.717, 1.165) is 23.6 Å². The molecule has 0 atom stereocenters. The maximum Gasteiger partial charge on any atom is 0.416 e. The molecule has 3 aromatic carbocycles. The summed E-state index contributed by atoms with van der Waals surface area (Å²) in [5, 5.41) is 2.48. The predicted molar refractivity (Wildman–Crippen MR) is 144 cm³/mol. The van der Waals surface area contributed by atoms with Crippen LogP contribution in [-0.2, 0) is 38.8 Å². The number of alkyl halides is 3. The second-order valence-electron chi connectivity index (χ2n) is 9.90. The van der Waals surface area contributed by atoms with E-state index in [4.69, 9.17) is 9.47 Å². The monoisotopic (exact) mass is 565 g/mol. The summed E-state index contributed by atoms with van der Waals surface area (Å²) in [7, 11) is 0. The Morgan fingerprint density at radius 2 is 1.70 bits per heavy atom. The van der Waals surface area contributed by atoms with Crippen molar-refractivity contribution in [2.45, 2.75) is 38.8 Å². The number of fused-ring (bicyclic) bond motifs is 2. The Morgan fingerprint density at radius 1 is 0.925 bits per heavy atom. The number of benzene rings is 3. The molecule has 2 aliphatic rings. The molecule has 4 aromatic rings. The molecule has 0 fully saturated rings. The fourth-order valence-corrected chi connectivity index (χ4v) is 5.88. The Balaban J connectivity index is 1.20. The SMILES string of the molecule is O=C(c1csc(CN(Cc2cccc(C(F)(F)F)c2)Cc2ccc3c(c2)OCO3)n1)N1CCc2ccccc2C1. The van der Waals surface area contributed by atoms with Gasteiger partial charge in [0.25, 0.3) is 5.91 Å². The van der Waals surface area contributed by atoms with E-state index < -0.39 is 11.7 Å². The standard InChI is InChI=1S/C30H26F3N3O3S/c31-30(32,33)24-7-3-4-20(12-24)14-35(15-21-8-9-26-27(13-21)39-19-38-26)17-28-34-25(18-40-28)29(37)36-11-10-22-5-1-2-6-23(22)16-36/h1-9,12-13,18H,10-11,14-17,19H2. The van der Waals surface area contributed by atoms with Crippen LogP contribution in [0.3, 0.4) is 0 Å². The summed E-state index contributed by atoms with van der Waals surface area (Å²) in [6, 6.07) is 19.1. The highest BCUT2D eigenvalue weighted by atomic mass is 32.1. The van der Waals surface area contributed by atoms with Crippen molar-refractivity contribution in [3.8, 4) is 11.5 Å². The summed E-state index contributed by atoms with van der Waals surface area (Å²) in [5.41, 5.74) is 3.58. The molecular formula is C30H26F3N3O3S. The van der Waals surface area contributed by atoms with Gasteiger partial charge in [0.1, 0.15) is 10.7 Å². The van der Waals surface area contributed by atoms with E-state index in [0.29, 0.717) is 53.9 Å². The lowest BCUT2D eigenvalue weighted by molar-refractivity contribution is -0.137. The molecule has 0 spiro atoms. The Morgan fingerprint density at radius 3 is 2.52 bits per heavy atom. The Bertz CT molecular complexity index is 1540. The highest BCUT2D eigenvalue weighted by molar-refractivity contribution is 7.09. The lowest BCUT2D eigenvalue weighted by atomic mass is 10.00. The third-order valence-corrected chi connectivity index (χ3v) is 7.88. The van der Waals surface area contributed by atoms with Gasteiger partial charge in [0, 0.05) is 31.6 Å². The molecule has 0 aliphatic carbocycles. The van der Waals surface area contributed by atoms with Crippen molar-refractivity contribution in [1.82, 2.24) is 14.8 Å². The number of rotatable bonds is 7. The molecule has 10 heteroatoms. The number of thiazole rings is 1. The van der Waals surface area contributed by atoms with Crippen LogP contribution >= 0.6 is 11.3 Å². The van der Waals surface area contributed by atoms with E-state index in [1.807, 2.05) is 46.2 Å². The lowest BCUT2D eigenvalue weighted by Crippen LogP contribution is -2.36. The summed E-state index contributed by atoms with van der Waals surface area (Å²) >= 11 is 1.38. The van der Waals surface area contributed by atoms with E-state index in [2.05, 4.69) is 11.1 Å². The molecule has 6 nitrogen and oxygen atoms in total. The van der Waals surface area contributed by atoms with Crippen LogP contribution in [0.1, 0.15) is 43.3 Å². The number of aromatic nitrogens is 1. The van der Waals surface area contributed by atoms with Crippen LogP contribution in [0, 0.1) is 0 Å². The second kappa shape index (κ2) is 10.9. The normalized spacial score (nSPS) is 14.4. The van der Waals surface area contributed by atoms with E-state index in [9.17, 15) is 18.0 Å². The van der Waals surface area contributed by atoms with Crippen LogP contribution in [0.2, 0.25) is 0 Å². The number of hydrogen-bond donors (Lipinski definition) is 0. The second-order valence-corrected chi connectivity index (χ2v) is 10.8. The molecule has 6 rings (SSSR count). The minimum atomic E-state index is -4.42. The van der Waals surface area contributed by atoms with Crippen molar-refractivity contribution in [1.29, 1.82) is 0 Å². The van der Waals surface area contributed by atoms with Crippen LogP contribution in [0.15, 0.2) is 72.1 Å². The van der Waals surface area contributed by atoms with Gasteiger partial charge in [0.2, 0.25) is 6.79 Å². The quantitative estimate of drug-likeness (QED) is 0.264. The highest BCUT2D eigenvalue weighted by Gasteiger charge is 2.30. The largest absolute Gasteiger partial charge is 0.454 e. The molecule has 0 bridgehead atoms. The molecule has 1 amide bonds. The zero-order valence-corrected chi connectivity index (χ0v) is 22.3. The van der Waals surface area contributed by atoms with Gasteiger partial charge in [-0.25, -0.2) is 4.98 Å². The Kier molecular flexibility index (Phi) is 7.20. The molecule has 0 unspecified atom stereocenters. The Labute approximate surface area is 233 Å². The van der Waals surface area contributed by atoms with Gasteiger partial charge in [-0.05, 0) is 46.9 Å². The van der Waals surface area contributed by atoms with Crippen molar-refractivity contribution in [2.24, 2.45) is 0 Å². The maximum absolute atomic E-state index is 13.4. The minimum absolute atomic E-state index is 0.114. The zero-order chi connectivity index (χ0) is 27.7. The average molecular weight is 566 g/mol. The van der Waals surface area contributed by atoms with Crippen molar-refractivity contribution >= 4 is 17.2 Å². The third-order valence-electron chi connectivity index (χ3n) is 7.05. The van der Waals surface area contributed by atoms with Crippen molar-refractivity contribution in [3.05, 3.63) is 111 Å². The molecular weight excluding hydrogens is 539 g/mol. The third kappa shape index (κ3) is 5.83. The highest BCUT2D eigenvalue weighted by Crippen LogP contribution is 2.34. The van der Waals surface area contributed by atoms with Crippen LogP contribution in [0.5, 0.6) is 11.5 Å². The van der Waals surface area contributed by atoms with E-state index >= 15 is 0 Å². The number of amides is 1. The van der Waals surface area contributed by atoms with Crippen molar-refractivity contribution < 1.29 is 27.4 Å². The van der Waals surface area contributed by atoms with Gasteiger partial charge in [0.05, 0.1) is 12.1 Å². The molecule has 0 saturated heterocycles. The fraction of sp³-hybridized carbons (Fsp3) is 0.267. The van der Waals surface area contributed by atoms with Gasteiger partial charge < -0.3 is 14.4 Å². The molecule has 3 heterocycles. The Hall–Kier alpha value is -3.89. The molecule has 2 aliphatic heterocycles. The van der Waals surface area contributed by atoms with Crippen LogP contribution in [0.25, 0.3) is 0 Å². The fourth-order valence-electron chi connectivity index (χ4n) is 5.07. The molecule has 206 valence electrons. The van der Waals surface area contributed by atoms with Gasteiger partial charge in [-0.3, -0.25) is 9.69 Å². The summed E-state index contributed by atoms with van der Waals surface area (Å²) in [6.07, 6.45) is -3.61. The maximum atomic E-state index is 13.4. The molecule has 40 heavy (non-hydrogen) atoms. The topological polar surface area (TPSA) is 54.9 Å². The first-order valence-electron chi connectivity index (χ1n) is 12.9. The summed E-state index contributed by atoms with van der Waals surface area (Å²) in [6.45, 7) is 2.42. The number of halogens is 3. The van der Waals surface area contributed by atoms with Crippen LogP contribution < -0.4 is 9.47 Å². The first-order chi connectivity index (χ1) is 19.3. The molecule has 0 radical (unpaired) electrons. The smallest absolute Gasteiger partial charge is 0.416 e. The van der Waals surface area contributed by atoms with E-state index in [-0.39, 0.29) is 19.2 Å². The van der Waals surface area contributed by atoms with Gasteiger partial charge in [-0.2, -0.15) is 13.2 Å². The predicted octanol–water partition coefficient (Wildman–Crippen LogP) is 6.29. The van der Waals surface area contributed by atoms with Gasteiger partial charge in [-0.15, -0.1) is 11.3 Å². The number of ether oxygens (including phenoxy) is 2. The van der Waals surface area contributed by atoms with Crippen LogP contribution in [-0.4, -0.2) is 34.0 Å².